The number of hydrogen-bond donors (Lipinski definition) is 3. The van der Waals surface area contributed by atoms with E-state index in [1.807, 2.05) is 37.4 Å². The molecular weight excluding hydrogens is 276 g/mol. The van der Waals surface area contributed by atoms with E-state index in [0.29, 0.717) is 13.0 Å². The van der Waals surface area contributed by atoms with Crippen molar-refractivity contribution in [1.29, 1.82) is 0 Å². The molecule has 0 saturated heterocycles. The third-order valence-electron chi connectivity index (χ3n) is 2.82. The molecule has 0 spiro atoms. The fourth-order valence-corrected chi connectivity index (χ4v) is 2.07. The topological polar surface area (TPSA) is 78.4 Å². The van der Waals surface area contributed by atoms with Crippen LogP contribution < -0.4 is 10.6 Å². The molecule has 0 radical (unpaired) electrons. The van der Waals surface area contributed by atoms with Gasteiger partial charge in [0.05, 0.1) is 6.04 Å². The predicted molar refractivity (Wildman–Crippen MR) is 80.0 cm³/mol. The van der Waals surface area contributed by atoms with Crippen molar-refractivity contribution in [3.63, 3.8) is 0 Å². The van der Waals surface area contributed by atoms with E-state index in [9.17, 15) is 9.59 Å². The van der Waals surface area contributed by atoms with E-state index >= 15 is 0 Å². The van der Waals surface area contributed by atoms with Crippen LogP contribution in [0.1, 0.15) is 31.4 Å². The molecule has 0 aromatic heterocycles. The quantitative estimate of drug-likeness (QED) is 0.534. The molecule has 0 aliphatic rings. The first-order valence-electron chi connectivity index (χ1n) is 6.43. The molecule has 1 atom stereocenters. The second kappa shape index (κ2) is 8.47. The molecule has 0 fully saturated rings. The Morgan fingerprint density at radius 2 is 1.95 bits per heavy atom. The van der Waals surface area contributed by atoms with Gasteiger partial charge in [-0.25, -0.2) is 4.79 Å². The smallest absolute Gasteiger partial charge is 0.315 e. The highest BCUT2D eigenvalue weighted by atomic mass is 32.2. The molecular formula is C14H20N2O3S. The predicted octanol–water partition coefficient (Wildman–Crippen LogP) is 2.63. The average Bonchev–Trinajstić information content (AvgIpc) is 2.43. The number of hydrogen-bond acceptors (Lipinski definition) is 3. The highest BCUT2D eigenvalue weighted by Gasteiger charge is 2.09. The molecule has 6 heteroatoms. The molecule has 1 aromatic rings. The number of nitrogens with one attached hydrogen (secondary N) is 2. The Bertz CT molecular complexity index is 448. The molecule has 1 rings (SSSR count). The number of rotatable bonds is 7. The van der Waals surface area contributed by atoms with Crippen molar-refractivity contribution in [1.82, 2.24) is 10.6 Å². The highest BCUT2D eigenvalue weighted by Crippen LogP contribution is 2.18. The van der Waals surface area contributed by atoms with E-state index in [4.69, 9.17) is 5.11 Å². The van der Waals surface area contributed by atoms with Gasteiger partial charge >= 0.3 is 12.0 Å². The summed E-state index contributed by atoms with van der Waals surface area (Å²) in [6, 6.07) is 7.64. The summed E-state index contributed by atoms with van der Waals surface area (Å²) in [4.78, 5) is 23.1. The van der Waals surface area contributed by atoms with E-state index in [2.05, 4.69) is 10.6 Å². The number of urea groups is 1. The van der Waals surface area contributed by atoms with Crippen LogP contribution in [0.15, 0.2) is 29.2 Å². The molecule has 0 saturated carbocycles. The van der Waals surface area contributed by atoms with Crippen molar-refractivity contribution < 1.29 is 14.7 Å². The van der Waals surface area contributed by atoms with Crippen LogP contribution in [0.25, 0.3) is 0 Å². The molecule has 5 nitrogen and oxygen atoms in total. The van der Waals surface area contributed by atoms with Gasteiger partial charge in [-0.2, -0.15) is 0 Å². The van der Waals surface area contributed by atoms with Gasteiger partial charge in [0.2, 0.25) is 0 Å². The summed E-state index contributed by atoms with van der Waals surface area (Å²) in [7, 11) is 0. The molecule has 3 N–H and O–H groups in total. The summed E-state index contributed by atoms with van der Waals surface area (Å²) in [5.41, 5.74) is 1.03. The summed E-state index contributed by atoms with van der Waals surface area (Å²) in [6.45, 7) is 2.27. The summed E-state index contributed by atoms with van der Waals surface area (Å²) < 4.78 is 0. The molecule has 0 heterocycles. The first-order valence-corrected chi connectivity index (χ1v) is 7.65. The minimum absolute atomic E-state index is 0.0615. The highest BCUT2D eigenvalue weighted by molar-refractivity contribution is 7.98. The third kappa shape index (κ3) is 5.97. The number of benzene rings is 1. The Labute approximate surface area is 123 Å². The zero-order valence-corrected chi connectivity index (χ0v) is 12.5. The summed E-state index contributed by atoms with van der Waals surface area (Å²) in [6.07, 6.45) is 2.51. The second-order valence-electron chi connectivity index (χ2n) is 4.39. The van der Waals surface area contributed by atoms with Gasteiger partial charge < -0.3 is 15.7 Å². The zero-order chi connectivity index (χ0) is 15.0. The van der Waals surface area contributed by atoms with Crippen LogP contribution in [0.4, 0.5) is 4.79 Å². The van der Waals surface area contributed by atoms with Crippen LogP contribution in [-0.4, -0.2) is 29.9 Å². The van der Waals surface area contributed by atoms with Crippen molar-refractivity contribution in [3.05, 3.63) is 29.8 Å². The Morgan fingerprint density at radius 1 is 1.30 bits per heavy atom. The minimum Gasteiger partial charge on any atom is -0.481 e. The van der Waals surface area contributed by atoms with Gasteiger partial charge in [-0.3, -0.25) is 4.79 Å². The van der Waals surface area contributed by atoms with Crippen LogP contribution in [-0.2, 0) is 4.79 Å². The Morgan fingerprint density at radius 3 is 2.50 bits per heavy atom. The van der Waals surface area contributed by atoms with E-state index < -0.39 is 5.97 Å². The van der Waals surface area contributed by atoms with Crippen LogP contribution in [0.5, 0.6) is 0 Å². The third-order valence-corrected chi connectivity index (χ3v) is 3.56. The lowest BCUT2D eigenvalue weighted by Gasteiger charge is -2.15. The van der Waals surface area contributed by atoms with Crippen molar-refractivity contribution in [2.45, 2.75) is 30.7 Å². The molecule has 0 aliphatic heterocycles. The first kappa shape index (κ1) is 16.4. The van der Waals surface area contributed by atoms with Crippen LogP contribution in [0.3, 0.4) is 0 Å². The lowest BCUT2D eigenvalue weighted by Crippen LogP contribution is -2.37. The van der Waals surface area contributed by atoms with E-state index in [0.717, 1.165) is 5.56 Å². The van der Waals surface area contributed by atoms with Crippen LogP contribution >= 0.6 is 11.8 Å². The molecule has 0 bridgehead atoms. The number of carbonyl (C=O) groups is 2. The van der Waals surface area contributed by atoms with Gasteiger partial charge in [0.25, 0.3) is 0 Å². The lowest BCUT2D eigenvalue weighted by molar-refractivity contribution is -0.137. The van der Waals surface area contributed by atoms with Crippen LogP contribution in [0, 0.1) is 0 Å². The molecule has 0 unspecified atom stereocenters. The van der Waals surface area contributed by atoms with Crippen LogP contribution in [0.2, 0.25) is 0 Å². The summed E-state index contributed by atoms with van der Waals surface area (Å²) >= 11 is 1.67. The maximum atomic E-state index is 11.6. The van der Waals surface area contributed by atoms with E-state index in [-0.39, 0.29) is 18.5 Å². The Hall–Kier alpha value is -1.69. The maximum absolute atomic E-state index is 11.6. The van der Waals surface area contributed by atoms with Crippen molar-refractivity contribution in [2.75, 3.05) is 12.8 Å². The van der Waals surface area contributed by atoms with Gasteiger partial charge in [-0.05, 0) is 37.3 Å². The number of thioether (sulfide) groups is 1. The second-order valence-corrected chi connectivity index (χ2v) is 5.27. The SMILES string of the molecule is CSc1ccc([C@@H](C)NC(=O)NCCCC(=O)O)cc1. The van der Waals surface area contributed by atoms with Gasteiger partial charge in [-0.1, -0.05) is 12.1 Å². The Balaban J connectivity index is 2.34. The lowest BCUT2D eigenvalue weighted by atomic mass is 10.1. The van der Waals surface area contributed by atoms with Gasteiger partial charge in [0, 0.05) is 17.9 Å². The van der Waals surface area contributed by atoms with E-state index in [1.54, 1.807) is 11.8 Å². The largest absolute Gasteiger partial charge is 0.481 e. The fourth-order valence-electron chi connectivity index (χ4n) is 1.67. The van der Waals surface area contributed by atoms with E-state index in [1.165, 1.54) is 4.90 Å². The number of carbonyl (C=O) groups excluding carboxylic acids is 1. The standard InChI is InChI=1S/C14H20N2O3S/c1-10(11-5-7-12(20-2)8-6-11)16-14(19)15-9-3-4-13(17)18/h5-8,10H,3-4,9H2,1-2H3,(H,17,18)(H2,15,16,19)/t10-/m1/s1. The first-order chi connectivity index (χ1) is 9.52. The summed E-state index contributed by atoms with van der Waals surface area (Å²) in [5.74, 6) is -0.852. The fraction of sp³-hybridized carbons (Fsp3) is 0.429. The van der Waals surface area contributed by atoms with Crippen molar-refractivity contribution in [3.8, 4) is 0 Å². The molecule has 2 amide bonds. The number of carboxylic acid groups (broad SMARTS) is 1. The van der Waals surface area contributed by atoms with Gasteiger partial charge in [0.15, 0.2) is 0 Å². The zero-order valence-electron chi connectivity index (χ0n) is 11.7. The van der Waals surface area contributed by atoms with Crippen molar-refractivity contribution >= 4 is 23.8 Å². The monoisotopic (exact) mass is 296 g/mol. The number of amides is 2. The maximum Gasteiger partial charge on any atom is 0.315 e. The molecule has 1 aromatic carbocycles. The van der Waals surface area contributed by atoms with Gasteiger partial charge in [-0.15, -0.1) is 11.8 Å². The van der Waals surface area contributed by atoms with Crippen molar-refractivity contribution in [2.24, 2.45) is 0 Å². The number of aliphatic carboxylic acids is 1. The molecule has 110 valence electrons. The molecule has 0 aliphatic carbocycles. The normalized spacial score (nSPS) is 11.7. The van der Waals surface area contributed by atoms with Gasteiger partial charge in [0.1, 0.15) is 0 Å². The molecule has 20 heavy (non-hydrogen) atoms. The number of carboxylic acids is 1. The minimum atomic E-state index is -0.852. The Kier molecular flexibility index (Phi) is 6.93. The summed E-state index contributed by atoms with van der Waals surface area (Å²) in [5, 5.41) is 13.9. The average molecular weight is 296 g/mol.